The monoisotopic (exact) mass is 513 g/mol. The molecule has 3 heterocycles. The number of anilines is 4. The second kappa shape index (κ2) is 11.8. The zero-order chi connectivity index (χ0) is 26.3. The Morgan fingerprint density at radius 1 is 1.18 bits per heavy atom. The lowest BCUT2D eigenvalue weighted by molar-refractivity contribution is -0.111. The van der Waals surface area contributed by atoms with E-state index in [1.807, 2.05) is 18.2 Å². The van der Waals surface area contributed by atoms with Gasteiger partial charge in [0.15, 0.2) is 0 Å². The molecular formula is C28H31N7O3. The van der Waals surface area contributed by atoms with Crippen LogP contribution in [0, 0.1) is 0 Å². The van der Waals surface area contributed by atoms with Crippen molar-refractivity contribution >= 4 is 40.0 Å². The predicted octanol–water partition coefficient (Wildman–Crippen LogP) is 4.43. The Hall–Kier alpha value is -4.41. The molecule has 38 heavy (non-hydrogen) atoms. The number of nitrogens with one attached hydrogen (secondary N) is 4. The van der Waals surface area contributed by atoms with Crippen LogP contribution in [-0.4, -0.2) is 60.3 Å². The lowest BCUT2D eigenvalue weighted by Gasteiger charge is -2.30. The van der Waals surface area contributed by atoms with Crippen molar-refractivity contribution in [2.45, 2.75) is 12.5 Å². The van der Waals surface area contributed by atoms with Crippen LogP contribution in [-0.2, 0) is 9.53 Å². The van der Waals surface area contributed by atoms with Crippen LogP contribution in [0.25, 0.3) is 11.0 Å². The van der Waals surface area contributed by atoms with Crippen LogP contribution in [0.15, 0.2) is 73.4 Å². The van der Waals surface area contributed by atoms with E-state index in [1.54, 1.807) is 37.6 Å². The number of H-pyrrole nitrogens is 1. The standard InChI is InChI=1S/C28H31N7O3/c1-3-25(36)31-20-5-4-6-23(17-20)38-27-24-12-14-30-26(24)33-28(34-27)32-19-7-9-21(10-8-19)35(15-16-37-2)22-11-13-29-18-22/h3-10,12,14,17,22,29H,1,11,13,15-16,18H2,2H3,(H,31,36)(H2,30,32,33,34). The van der Waals surface area contributed by atoms with Gasteiger partial charge in [-0.25, -0.2) is 0 Å². The molecule has 2 aromatic heterocycles. The number of hydrogen-bond donors (Lipinski definition) is 4. The van der Waals surface area contributed by atoms with Gasteiger partial charge in [0, 0.05) is 55.6 Å². The average Bonchev–Trinajstić information content (AvgIpc) is 3.63. The van der Waals surface area contributed by atoms with E-state index in [1.165, 1.54) is 6.08 Å². The quantitative estimate of drug-likeness (QED) is 0.218. The van der Waals surface area contributed by atoms with Gasteiger partial charge in [-0.3, -0.25) is 4.79 Å². The number of aromatic amines is 1. The Labute approximate surface area is 221 Å². The fourth-order valence-corrected chi connectivity index (χ4v) is 4.47. The number of carbonyl (C=O) groups is 1. The smallest absolute Gasteiger partial charge is 0.247 e. The molecule has 4 N–H and O–H groups in total. The molecule has 1 atom stereocenters. The number of carbonyl (C=O) groups excluding carboxylic acids is 1. The van der Waals surface area contributed by atoms with Crippen LogP contribution in [0.1, 0.15) is 6.42 Å². The maximum Gasteiger partial charge on any atom is 0.247 e. The van der Waals surface area contributed by atoms with Crippen LogP contribution in [0.3, 0.4) is 0 Å². The Balaban J connectivity index is 1.35. The lowest BCUT2D eigenvalue weighted by atomic mass is 10.1. The number of methoxy groups -OCH3 is 1. The Kier molecular flexibility index (Phi) is 7.81. The summed E-state index contributed by atoms with van der Waals surface area (Å²) >= 11 is 0. The number of hydrogen-bond acceptors (Lipinski definition) is 8. The minimum atomic E-state index is -0.295. The molecule has 196 valence electrons. The van der Waals surface area contributed by atoms with Crippen molar-refractivity contribution in [2.24, 2.45) is 0 Å². The zero-order valence-electron chi connectivity index (χ0n) is 21.2. The van der Waals surface area contributed by atoms with E-state index in [0.29, 0.717) is 41.6 Å². The highest BCUT2D eigenvalue weighted by Crippen LogP contribution is 2.31. The molecule has 0 spiro atoms. The van der Waals surface area contributed by atoms with Crippen LogP contribution >= 0.6 is 0 Å². The largest absolute Gasteiger partial charge is 0.438 e. The molecule has 5 rings (SSSR count). The molecular weight excluding hydrogens is 482 g/mol. The molecule has 10 heteroatoms. The zero-order valence-corrected chi connectivity index (χ0v) is 21.2. The van der Waals surface area contributed by atoms with Gasteiger partial charge in [0.2, 0.25) is 17.7 Å². The molecule has 0 radical (unpaired) electrons. The van der Waals surface area contributed by atoms with Crippen molar-refractivity contribution in [3.05, 3.63) is 73.4 Å². The normalized spacial score (nSPS) is 14.8. The molecule has 1 amide bonds. The highest BCUT2D eigenvalue weighted by atomic mass is 16.5. The van der Waals surface area contributed by atoms with Gasteiger partial charge >= 0.3 is 0 Å². The summed E-state index contributed by atoms with van der Waals surface area (Å²) in [6, 6.07) is 17.6. The van der Waals surface area contributed by atoms with Gasteiger partial charge in [0.1, 0.15) is 11.4 Å². The van der Waals surface area contributed by atoms with Crippen molar-refractivity contribution in [2.75, 3.05) is 48.9 Å². The number of fused-ring (bicyclic) bond motifs is 1. The van der Waals surface area contributed by atoms with Gasteiger partial charge in [0.05, 0.1) is 12.0 Å². The SMILES string of the molecule is C=CC(=O)Nc1cccc(Oc2nc(Nc3ccc(N(CCOC)C4CCNC4)cc3)nc3[nH]ccc23)c1. The van der Waals surface area contributed by atoms with Crippen molar-refractivity contribution in [3.63, 3.8) is 0 Å². The van der Waals surface area contributed by atoms with Crippen molar-refractivity contribution in [1.29, 1.82) is 0 Å². The van der Waals surface area contributed by atoms with Gasteiger partial charge in [-0.15, -0.1) is 0 Å². The number of benzene rings is 2. The fourth-order valence-electron chi connectivity index (χ4n) is 4.47. The highest BCUT2D eigenvalue weighted by Gasteiger charge is 2.22. The van der Waals surface area contributed by atoms with Crippen LogP contribution in [0.4, 0.5) is 23.0 Å². The average molecular weight is 514 g/mol. The third kappa shape index (κ3) is 5.93. The molecule has 10 nitrogen and oxygen atoms in total. The minimum Gasteiger partial charge on any atom is -0.438 e. The number of rotatable bonds is 11. The first-order chi connectivity index (χ1) is 18.6. The van der Waals surface area contributed by atoms with Gasteiger partial charge in [-0.05, 0) is 61.5 Å². The maximum absolute atomic E-state index is 11.7. The van der Waals surface area contributed by atoms with Gasteiger partial charge in [0.25, 0.3) is 0 Å². The molecule has 1 aliphatic heterocycles. The molecule has 1 aliphatic rings. The second-order valence-electron chi connectivity index (χ2n) is 8.92. The first-order valence-electron chi connectivity index (χ1n) is 12.5. The molecule has 0 saturated carbocycles. The summed E-state index contributed by atoms with van der Waals surface area (Å²) in [6.07, 6.45) is 4.12. The van der Waals surface area contributed by atoms with E-state index in [0.717, 1.165) is 42.8 Å². The van der Waals surface area contributed by atoms with Gasteiger partial charge < -0.3 is 35.3 Å². The molecule has 0 aliphatic carbocycles. The third-order valence-electron chi connectivity index (χ3n) is 6.35. The first-order valence-corrected chi connectivity index (χ1v) is 12.5. The first kappa shape index (κ1) is 25.2. The maximum atomic E-state index is 11.7. The molecule has 4 aromatic rings. The topological polar surface area (TPSA) is 116 Å². The van der Waals surface area contributed by atoms with E-state index in [2.05, 4.69) is 54.5 Å². The number of ether oxygens (including phenoxy) is 2. The van der Waals surface area contributed by atoms with E-state index < -0.39 is 0 Å². The summed E-state index contributed by atoms with van der Waals surface area (Å²) in [6.45, 7) is 6.99. The third-order valence-corrected chi connectivity index (χ3v) is 6.35. The van der Waals surface area contributed by atoms with Crippen LogP contribution < -0.4 is 25.6 Å². The second-order valence-corrected chi connectivity index (χ2v) is 8.92. The number of aromatic nitrogens is 3. The molecule has 1 saturated heterocycles. The summed E-state index contributed by atoms with van der Waals surface area (Å²) < 4.78 is 11.5. The van der Waals surface area contributed by atoms with Crippen molar-refractivity contribution < 1.29 is 14.3 Å². The van der Waals surface area contributed by atoms with Crippen molar-refractivity contribution in [3.8, 4) is 11.6 Å². The Bertz CT molecular complexity index is 1400. The minimum absolute atomic E-state index is 0.295. The number of amides is 1. The number of nitrogens with zero attached hydrogens (tertiary/aromatic N) is 3. The summed E-state index contributed by atoms with van der Waals surface area (Å²) in [7, 11) is 1.73. The molecule has 2 aromatic carbocycles. The Morgan fingerprint density at radius 2 is 2.05 bits per heavy atom. The molecule has 1 fully saturated rings. The van der Waals surface area contributed by atoms with E-state index in [4.69, 9.17) is 9.47 Å². The predicted molar refractivity (Wildman–Crippen MR) is 149 cm³/mol. The summed E-state index contributed by atoms with van der Waals surface area (Å²) in [4.78, 5) is 26.4. The Morgan fingerprint density at radius 3 is 2.82 bits per heavy atom. The van der Waals surface area contributed by atoms with E-state index in [9.17, 15) is 4.79 Å². The van der Waals surface area contributed by atoms with Crippen LogP contribution in [0.5, 0.6) is 11.6 Å². The summed E-state index contributed by atoms with van der Waals surface area (Å²) in [5, 5.41) is 10.2. The highest BCUT2D eigenvalue weighted by molar-refractivity contribution is 5.99. The van der Waals surface area contributed by atoms with Crippen molar-refractivity contribution in [1.82, 2.24) is 20.3 Å². The van der Waals surface area contributed by atoms with Crippen LogP contribution in [0.2, 0.25) is 0 Å². The molecule has 0 bridgehead atoms. The van der Waals surface area contributed by atoms with Gasteiger partial charge in [-0.1, -0.05) is 12.6 Å². The fraction of sp³-hybridized carbons (Fsp3) is 0.250. The summed E-state index contributed by atoms with van der Waals surface area (Å²) in [5.74, 6) is 1.02. The molecule has 1 unspecified atom stereocenters. The van der Waals surface area contributed by atoms with E-state index >= 15 is 0 Å². The summed E-state index contributed by atoms with van der Waals surface area (Å²) in [5.41, 5.74) is 3.24. The lowest BCUT2D eigenvalue weighted by Crippen LogP contribution is -2.39. The van der Waals surface area contributed by atoms with E-state index in [-0.39, 0.29) is 5.91 Å². The van der Waals surface area contributed by atoms with Gasteiger partial charge in [-0.2, -0.15) is 9.97 Å².